The molecule has 2 N–H and O–H groups in total. The van der Waals surface area contributed by atoms with Crippen LogP contribution in [0.5, 0.6) is 0 Å². The van der Waals surface area contributed by atoms with E-state index in [4.69, 9.17) is 0 Å². The molecule has 0 aromatic heterocycles. The number of rotatable bonds is 3. The Labute approximate surface area is 132 Å². The number of hydrogen-bond acceptors (Lipinski definition) is 2. The molecule has 1 saturated carbocycles. The Morgan fingerprint density at radius 1 is 1.38 bits per heavy atom. The number of benzene rings is 1. The average Bonchev–Trinajstić information content (AvgIpc) is 2.92. The van der Waals surface area contributed by atoms with Crippen molar-refractivity contribution in [2.24, 2.45) is 5.92 Å². The van der Waals surface area contributed by atoms with Gasteiger partial charge in [-0.25, -0.2) is 4.39 Å². The molecule has 1 aromatic rings. The summed E-state index contributed by atoms with van der Waals surface area (Å²) in [7, 11) is 0. The van der Waals surface area contributed by atoms with Gasteiger partial charge in [-0.3, -0.25) is 4.79 Å². The van der Waals surface area contributed by atoms with Crippen molar-refractivity contribution in [2.45, 2.75) is 50.7 Å². The van der Waals surface area contributed by atoms with Crippen LogP contribution < -0.4 is 10.6 Å². The van der Waals surface area contributed by atoms with E-state index >= 15 is 0 Å². The van der Waals surface area contributed by atoms with Gasteiger partial charge in [0.05, 0.1) is 6.04 Å². The number of nitrogens with one attached hydrogen (secondary N) is 2. The van der Waals surface area contributed by atoms with Gasteiger partial charge < -0.3 is 10.6 Å². The molecule has 114 valence electrons. The van der Waals surface area contributed by atoms with Gasteiger partial charge in [0.15, 0.2) is 0 Å². The maximum atomic E-state index is 13.2. The van der Waals surface area contributed by atoms with Gasteiger partial charge in [-0.15, -0.1) is 0 Å². The second kappa shape index (κ2) is 6.44. The van der Waals surface area contributed by atoms with Gasteiger partial charge in [0.25, 0.3) is 0 Å². The lowest BCUT2D eigenvalue weighted by atomic mass is 9.85. The number of amides is 1. The average molecular weight is 355 g/mol. The molecule has 5 heteroatoms. The predicted molar refractivity (Wildman–Crippen MR) is 83.2 cm³/mol. The van der Waals surface area contributed by atoms with Crippen molar-refractivity contribution in [2.75, 3.05) is 0 Å². The minimum atomic E-state index is -0.285. The Morgan fingerprint density at radius 2 is 2.19 bits per heavy atom. The quantitative estimate of drug-likeness (QED) is 0.875. The van der Waals surface area contributed by atoms with Crippen molar-refractivity contribution in [3.05, 3.63) is 34.1 Å². The number of halogens is 2. The molecule has 1 aliphatic heterocycles. The SMILES string of the molecule is O=C(NCc1cc(F)ccc1Br)C1CC2CCCCC2N1. The standard InChI is InChI=1S/C16H20BrFN2O/c17-13-6-5-12(18)7-11(13)9-19-16(21)15-8-10-3-1-2-4-14(10)20-15/h5-7,10,14-15,20H,1-4,8-9H2,(H,19,21). The van der Waals surface area contributed by atoms with Gasteiger partial charge in [0, 0.05) is 17.1 Å². The van der Waals surface area contributed by atoms with Crippen LogP contribution in [0.15, 0.2) is 22.7 Å². The molecule has 1 saturated heterocycles. The molecule has 3 rings (SSSR count). The first-order chi connectivity index (χ1) is 10.1. The molecule has 0 spiro atoms. The van der Waals surface area contributed by atoms with Crippen LogP contribution in [-0.4, -0.2) is 18.0 Å². The van der Waals surface area contributed by atoms with Crippen molar-refractivity contribution in [1.29, 1.82) is 0 Å². The minimum absolute atomic E-state index is 0.0283. The van der Waals surface area contributed by atoms with E-state index in [-0.39, 0.29) is 17.8 Å². The zero-order valence-electron chi connectivity index (χ0n) is 11.9. The van der Waals surface area contributed by atoms with E-state index in [1.54, 1.807) is 6.07 Å². The molecule has 1 amide bonds. The highest BCUT2D eigenvalue weighted by molar-refractivity contribution is 9.10. The van der Waals surface area contributed by atoms with E-state index < -0.39 is 0 Å². The van der Waals surface area contributed by atoms with Gasteiger partial charge in [0.2, 0.25) is 5.91 Å². The fourth-order valence-corrected chi connectivity index (χ4v) is 3.89. The largest absolute Gasteiger partial charge is 0.351 e. The van der Waals surface area contributed by atoms with Crippen molar-refractivity contribution in [3.8, 4) is 0 Å². The molecule has 21 heavy (non-hydrogen) atoms. The van der Waals surface area contributed by atoms with E-state index in [0.29, 0.717) is 18.5 Å². The van der Waals surface area contributed by atoms with Crippen LogP contribution in [0.25, 0.3) is 0 Å². The first-order valence-electron chi connectivity index (χ1n) is 7.61. The van der Waals surface area contributed by atoms with E-state index in [1.807, 2.05) is 0 Å². The molecular weight excluding hydrogens is 335 g/mol. The zero-order valence-corrected chi connectivity index (χ0v) is 13.5. The first kappa shape index (κ1) is 15.0. The second-order valence-corrected chi connectivity index (χ2v) is 6.91. The van der Waals surface area contributed by atoms with Gasteiger partial charge in [-0.05, 0) is 48.9 Å². The zero-order chi connectivity index (χ0) is 14.8. The lowest BCUT2D eigenvalue weighted by Crippen LogP contribution is -2.42. The lowest BCUT2D eigenvalue weighted by Gasteiger charge is -2.24. The van der Waals surface area contributed by atoms with Crippen LogP contribution in [0.1, 0.15) is 37.7 Å². The van der Waals surface area contributed by atoms with E-state index in [9.17, 15) is 9.18 Å². The van der Waals surface area contributed by atoms with E-state index in [2.05, 4.69) is 26.6 Å². The van der Waals surface area contributed by atoms with Crippen molar-refractivity contribution in [3.63, 3.8) is 0 Å². The Kier molecular flexibility index (Phi) is 4.60. The third kappa shape index (κ3) is 3.46. The smallest absolute Gasteiger partial charge is 0.237 e. The maximum absolute atomic E-state index is 13.2. The topological polar surface area (TPSA) is 41.1 Å². The Hall–Kier alpha value is -0.940. The highest BCUT2D eigenvalue weighted by Crippen LogP contribution is 2.33. The summed E-state index contributed by atoms with van der Waals surface area (Å²) < 4.78 is 14.0. The molecule has 0 radical (unpaired) electrons. The van der Waals surface area contributed by atoms with E-state index in [1.165, 1.54) is 37.8 Å². The van der Waals surface area contributed by atoms with Gasteiger partial charge in [-0.1, -0.05) is 28.8 Å². The number of carbonyl (C=O) groups is 1. The molecule has 3 unspecified atom stereocenters. The Morgan fingerprint density at radius 3 is 3.00 bits per heavy atom. The van der Waals surface area contributed by atoms with Crippen molar-refractivity contribution in [1.82, 2.24) is 10.6 Å². The molecule has 0 bridgehead atoms. The maximum Gasteiger partial charge on any atom is 0.237 e. The highest BCUT2D eigenvalue weighted by Gasteiger charge is 2.37. The fraction of sp³-hybridized carbons (Fsp3) is 0.562. The molecule has 3 atom stereocenters. The molecule has 2 aliphatic rings. The summed E-state index contributed by atoms with van der Waals surface area (Å²) >= 11 is 3.38. The molecule has 2 fully saturated rings. The van der Waals surface area contributed by atoms with Crippen LogP contribution in [0.2, 0.25) is 0 Å². The lowest BCUT2D eigenvalue weighted by molar-refractivity contribution is -0.123. The number of fused-ring (bicyclic) bond motifs is 1. The normalized spacial score (nSPS) is 28.2. The van der Waals surface area contributed by atoms with Crippen molar-refractivity contribution >= 4 is 21.8 Å². The Bertz CT molecular complexity index is 523. The summed E-state index contributed by atoms with van der Waals surface area (Å²) in [5.41, 5.74) is 0.763. The van der Waals surface area contributed by atoms with E-state index in [0.717, 1.165) is 16.5 Å². The fourth-order valence-electron chi connectivity index (χ4n) is 3.51. The number of hydrogen-bond donors (Lipinski definition) is 2. The van der Waals surface area contributed by atoms with Crippen LogP contribution >= 0.6 is 15.9 Å². The molecule has 3 nitrogen and oxygen atoms in total. The summed E-state index contributed by atoms with van der Waals surface area (Å²) in [5, 5.41) is 6.38. The second-order valence-electron chi connectivity index (χ2n) is 6.06. The monoisotopic (exact) mass is 354 g/mol. The minimum Gasteiger partial charge on any atom is -0.351 e. The summed E-state index contributed by atoms with van der Waals surface area (Å²) in [6, 6.07) is 4.94. The third-order valence-corrected chi connectivity index (χ3v) is 5.41. The summed E-state index contributed by atoms with van der Waals surface area (Å²) in [5.74, 6) is 0.392. The van der Waals surface area contributed by atoms with Gasteiger partial charge in [-0.2, -0.15) is 0 Å². The van der Waals surface area contributed by atoms with Gasteiger partial charge >= 0.3 is 0 Å². The van der Waals surface area contributed by atoms with Crippen LogP contribution in [0, 0.1) is 11.7 Å². The highest BCUT2D eigenvalue weighted by atomic mass is 79.9. The Balaban J connectivity index is 1.56. The molecule has 1 heterocycles. The van der Waals surface area contributed by atoms with Crippen LogP contribution in [0.3, 0.4) is 0 Å². The summed E-state index contributed by atoms with van der Waals surface area (Å²) in [6.45, 7) is 0.352. The van der Waals surface area contributed by atoms with Crippen LogP contribution in [0.4, 0.5) is 4.39 Å². The predicted octanol–water partition coefficient (Wildman–Crippen LogP) is 3.13. The molecular formula is C16H20BrFN2O. The summed E-state index contributed by atoms with van der Waals surface area (Å²) in [6.07, 6.45) is 5.90. The van der Waals surface area contributed by atoms with Crippen molar-refractivity contribution < 1.29 is 9.18 Å². The third-order valence-electron chi connectivity index (χ3n) is 4.64. The van der Waals surface area contributed by atoms with Gasteiger partial charge in [0.1, 0.15) is 5.82 Å². The number of carbonyl (C=O) groups excluding carboxylic acids is 1. The first-order valence-corrected chi connectivity index (χ1v) is 8.40. The van der Waals surface area contributed by atoms with Crippen LogP contribution in [-0.2, 0) is 11.3 Å². The molecule has 1 aliphatic carbocycles. The molecule has 1 aromatic carbocycles. The summed E-state index contributed by atoms with van der Waals surface area (Å²) in [4.78, 5) is 12.3.